The summed E-state index contributed by atoms with van der Waals surface area (Å²) in [6, 6.07) is 10.7. The Morgan fingerprint density at radius 2 is 1.61 bits per heavy atom. The molecule has 2 unspecified atom stereocenters. The van der Waals surface area contributed by atoms with Gasteiger partial charge in [-0.05, 0) is 24.9 Å². The lowest BCUT2D eigenvalue weighted by molar-refractivity contribution is -0.139. The van der Waals surface area contributed by atoms with E-state index in [2.05, 4.69) is 45.0 Å². The van der Waals surface area contributed by atoms with Gasteiger partial charge < -0.3 is 19.6 Å². The highest BCUT2D eigenvalue weighted by atomic mass is 16.6. The zero-order valence-corrected chi connectivity index (χ0v) is 19.6. The number of ether oxygens (including phenoxy) is 1. The summed E-state index contributed by atoms with van der Waals surface area (Å²) < 4.78 is 5.71. The molecular formula is C24H37N5O4. The molecule has 0 saturated carbocycles. The largest absolute Gasteiger partial charge is 0.480 e. The van der Waals surface area contributed by atoms with E-state index < -0.39 is 5.97 Å². The minimum Gasteiger partial charge on any atom is -0.480 e. The molecular weight excluding hydrogens is 422 g/mol. The number of amides is 1. The van der Waals surface area contributed by atoms with Crippen LogP contribution < -0.4 is 0 Å². The van der Waals surface area contributed by atoms with E-state index in [1.165, 1.54) is 5.56 Å². The van der Waals surface area contributed by atoms with Crippen LogP contribution in [0.1, 0.15) is 18.4 Å². The number of benzene rings is 1. The maximum Gasteiger partial charge on any atom is 0.411 e. The Morgan fingerprint density at radius 3 is 2.27 bits per heavy atom. The van der Waals surface area contributed by atoms with Gasteiger partial charge in [-0.15, -0.1) is 0 Å². The molecule has 3 fully saturated rings. The van der Waals surface area contributed by atoms with Crippen molar-refractivity contribution in [1.82, 2.24) is 24.5 Å². The van der Waals surface area contributed by atoms with E-state index in [9.17, 15) is 9.59 Å². The van der Waals surface area contributed by atoms with Gasteiger partial charge in [0.25, 0.3) is 0 Å². The number of nitrogens with zero attached hydrogens (tertiary/aromatic N) is 5. The Labute approximate surface area is 196 Å². The Morgan fingerprint density at radius 1 is 0.970 bits per heavy atom. The van der Waals surface area contributed by atoms with Crippen LogP contribution in [-0.4, -0.2) is 126 Å². The minimum absolute atomic E-state index is 0.0443. The zero-order chi connectivity index (χ0) is 23.2. The first-order valence-electron chi connectivity index (χ1n) is 12.1. The van der Waals surface area contributed by atoms with Gasteiger partial charge in [0, 0.05) is 66.0 Å². The van der Waals surface area contributed by atoms with Crippen molar-refractivity contribution < 1.29 is 19.4 Å². The number of carboxylic acid groups (broad SMARTS) is 1. The van der Waals surface area contributed by atoms with E-state index in [4.69, 9.17) is 9.84 Å². The third-order valence-corrected chi connectivity index (χ3v) is 7.15. The number of piperazine rings is 2. The van der Waals surface area contributed by atoms with Gasteiger partial charge in [0.05, 0.1) is 12.6 Å². The van der Waals surface area contributed by atoms with Crippen LogP contribution in [-0.2, 0) is 16.1 Å². The summed E-state index contributed by atoms with van der Waals surface area (Å²) in [6.07, 6.45) is 1.44. The number of cyclic esters (lactones) is 1. The first-order chi connectivity index (χ1) is 16.0. The molecule has 1 aromatic carbocycles. The number of aliphatic carboxylic acids is 1. The quantitative estimate of drug-likeness (QED) is 0.587. The number of carboxylic acids is 1. The summed E-state index contributed by atoms with van der Waals surface area (Å²) in [5.74, 6) is -0.797. The average molecular weight is 460 g/mol. The molecule has 182 valence electrons. The van der Waals surface area contributed by atoms with Gasteiger partial charge in [-0.25, -0.2) is 4.79 Å². The Bertz CT molecular complexity index is 778. The van der Waals surface area contributed by atoms with Crippen LogP contribution in [0.5, 0.6) is 0 Å². The van der Waals surface area contributed by atoms with Crippen molar-refractivity contribution in [3.05, 3.63) is 35.9 Å². The summed E-state index contributed by atoms with van der Waals surface area (Å²) in [7, 11) is 1.83. The fraction of sp³-hybridized carbons (Fsp3) is 0.667. The number of carbonyl (C=O) groups excluding carboxylic acids is 1. The third kappa shape index (κ3) is 6.44. The van der Waals surface area contributed by atoms with Gasteiger partial charge in [-0.1, -0.05) is 30.3 Å². The van der Waals surface area contributed by atoms with Gasteiger partial charge in [-0.3, -0.25) is 19.5 Å². The fourth-order valence-corrected chi connectivity index (χ4v) is 5.15. The van der Waals surface area contributed by atoms with E-state index >= 15 is 0 Å². The van der Waals surface area contributed by atoms with Crippen LogP contribution in [0.15, 0.2) is 30.3 Å². The maximum atomic E-state index is 12.3. The zero-order valence-electron chi connectivity index (χ0n) is 19.6. The topological polar surface area (TPSA) is 79.8 Å². The number of hydrogen-bond acceptors (Lipinski definition) is 7. The molecule has 0 radical (unpaired) electrons. The third-order valence-electron chi connectivity index (χ3n) is 7.15. The van der Waals surface area contributed by atoms with Crippen LogP contribution >= 0.6 is 0 Å². The Kier molecular flexibility index (Phi) is 8.19. The smallest absolute Gasteiger partial charge is 0.411 e. The summed E-state index contributed by atoms with van der Waals surface area (Å²) in [5, 5.41) is 9.00. The van der Waals surface area contributed by atoms with Crippen LogP contribution in [0, 0.1) is 0 Å². The van der Waals surface area contributed by atoms with E-state index in [-0.39, 0.29) is 24.9 Å². The first kappa shape index (κ1) is 23.9. The lowest BCUT2D eigenvalue weighted by Crippen LogP contribution is -2.54. The second-order valence-corrected chi connectivity index (χ2v) is 9.40. The summed E-state index contributed by atoms with van der Waals surface area (Å²) in [4.78, 5) is 34.1. The minimum atomic E-state index is -0.797. The molecule has 9 heteroatoms. The standard InChI is InChI=1S/C24H37N5O4/c1-25-21(23(33-24(25)32)29-16-14-28(15-17-29)19-22(30)31)8-5-9-26-10-12-27(13-11-26)18-20-6-3-2-4-7-20/h2-4,6-7,21,23H,5,8-19H2,1H3,(H,30,31). The Hall–Kier alpha value is -2.20. The predicted molar refractivity (Wildman–Crippen MR) is 125 cm³/mol. The van der Waals surface area contributed by atoms with Crippen LogP contribution in [0.2, 0.25) is 0 Å². The molecule has 1 amide bonds. The van der Waals surface area contributed by atoms with Gasteiger partial charge in [0.2, 0.25) is 0 Å². The molecule has 1 aromatic rings. The van der Waals surface area contributed by atoms with Crippen molar-refractivity contribution in [2.45, 2.75) is 31.7 Å². The van der Waals surface area contributed by atoms with E-state index in [1.807, 2.05) is 11.9 Å². The summed E-state index contributed by atoms with van der Waals surface area (Å²) in [6.45, 7) is 9.27. The SMILES string of the molecule is CN1C(=O)OC(N2CCN(CC(=O)O)CC2)C1CCCN1CCN(Cc2ccccc2)CC1. The van der Waals surface area contributed by atoms with Gasteiger partial charge in [-0.2, -0.15) is 0 Å². The molecule has 0 spiro atoms. The highest BCUT2D eigenvalue weighted by molar-refractivity contribution is 5.70. The lowest BCUT2D eigenvalue weighted by atomic mass is 10.1. The fourth-order valence-electron chi connectivity index (χ4n) is 5.15. The van der Waals surface area contributed by atoms with E-state index in [0.29, 0.717) is 13.1 Å². The van der Waals surface area contributed by atoms with Gasteiger partial charge >= 0.3 is 12.1 Å². The van der Waals surface area contributed by atoms with E-state index in [1.54, 1.807) is 4.90 Å². The Balaban J connectivity index is 1.19. The normalized spacial score (nSPS) is 26.0. The van der Waals surface area contributed by atoms with E-state index in [0.717, 1.165) is 65.2 Å². The molecule has 3 heterocycles. The second-order valence-electron chi connectivity index (χ2n) is 9.40. The van der Waals surface area contributed by atoms with Crippen LogP contribution in [0.25, 0.3) is 0 Å². The molecule has 4 rings (SSSR count). The van der Waals surface area contributed by atoms with Crippen molar-refractivity contribution in [2.75, 3.05) is 72.5 Å². The highest BCUT2D eigenvalue weighted by Crippen LogP contribution is 2.26. The molecule has 3 aliphatic rings. The highest BCUT2D eigenvalue weighted by Gasteiger charge is 2.43. The molecule has 3 aliphatic heterocycles. The van der Waals surface area contributed by atoms with Crippen molar-refractivity contribution in [3.8, 4) is 0 Å². The van der Waals surface area contributed by atoms with Gasteiger partial charge in [0.1, 0.15) is 0 Å². The summed E-state index contributed by atoms with van der Waals surface area (Å²) >= 11 is 0. The molecule has 0 aromatic heterocycles. The van der Waals surface area contributed by atoms with Crippen molar-refractivity contribution >= 4 is 12.1 Å². The van der Waals surface area contributed by atoms with Crippen LogP contribution in [0.3, 0.4) is 0 Å². The molecule has 0 aliphatic carbocycles. The first-order valence-corrected chi connectivity index (χ1v) is 12.1. The number of rotatable bonds is 9. The number of carbonyl (C=O) groups is 2. The molecule has 9 nitrogen and oxygen atoms in total. The van der Waals surface area contributed by atoms with Crippen LogP contribution in [0.4, 0.5) is 4.79 Å². The summed E-state index contributed by atoms with van der Waals surface area (Å²) in [5.41, 5.74) is 1.37. The number of likely N-dealkylation sites (N-methyl/N-ethyl adjacent to an activating group) is 1. The molecule has 33 heavy (non-hydrogen) atoms. The lowest BCUT2D eigenvalue weighted by Gasteiger charge is -2.38. The second kappa shape index (κ2) is 11.3. The molecule has 2 atom stereocenters. The maximum absolute atomic E-state index is 12.3. The molecule has 0 bridgehead atoms. The number of hydrogen-bond donors (Lipinski definition) is 1. The monoisotopic (exact) mass is 459 g/mol. The van der Waals surface area contributed by atoms with Crippen molar-refractivity contribution in [2.24, 2.45) is 0 Å². The predicted octanol–water partition coefficient (Wildman–Crippen LogP) is 1.06. The molecule has 1 N–H and O–H groups in total. The molecule has 3 saturated heterocycles. The van der Waals surface area contributed by atoms with Crippen molar-refractivity contribution in [3.63, 3.8) is 0 Å². The van der Waals surface area contributed by atoms with Crippen molar-refractivity contribution in [1.29, 1.82) is 0 Å². The van der Waals surface area contributed by atoms with Gasteiger partial charge in [0.15, 0.2) is 6.23 Å². The average Bonchev–Trinajstić information content (AvgIpc) is 3.09.